The molecule has 1 atom stereocenters. The largest absolute Gasteiger partial charge is 0.494 e. The minimum absolute atomic E-state index is 0.0921. The molecule has 3 aromatic rings. The first kappa shape index (κ1) is 16.8. The number of aromatic nitrogens is 1. The number of para-hydroxylation sites is 1. The summed E-state index contributed by atoms with van der Waals surface area (Å²) in [6, 6.07) is 14.3. The number of hydrogen-bond donors (Lipinski definition) is 2. The molecule has 0 aliphatic rings. The van der Waals surface area contributed by atoms with Gasteiger partial charge in [-0.25, -0.2) is 0 Å². The van der Waals surface area contributed by atoms with Crippen LogP contribution in [0.5, 0.6) is 5.75 Å². The standard InChI is InChI=1S/C20H19NO4/c1-2-25-14-9-7-13(8-10-14)19(22)11-16(20(23)24)17-12-21-18-6-4-3-5-15(17)18/h3-10,12,16,21H,2,11H2,1H3,(H,23,24)/t16-/m1/s1. The zero-order chi connectivity index (χ0) is 17.8. The molecule has 0 radical (unpaired) electrons. The molecule has 0 aliphatic carbocycles. The number of H-pyrrole nitrogens is 1. The first-order valence-electron chi connectivity index (χ1n) is 8.15. The van der Waals surface area contributed by atoms with Gasteiger partial charge in [-0.05, 0) is 42.8 Å². The minimum Gasteiger partial charge on any atom is -0.494 e. The quantitative estimate of drug-likeness (QED) is 0.639. The molecule has 3 rings (SSSR count). The third-order valence-corrected chi connectivity index (χ3v) is 4.17. The predicted molar refractivity (Wildman–Crippen MR) is 95.2 cm³/mol. The van der Waals surface area contributed by atoms with Crippen molar-refractivity contribution in [1.82, 2.24) is 4.98 Å². The Hall–Kier alpha value is -3.08. The van der Waals surface area contributed by atoms with E-state index in [1.54, 1.807) is 30.5 Å². The van der Waals surface area contributed by atoms with Crippen molar-refractivity contribution in [3.8, 4) is 5.75 Å². The molecule has 0 unspecified atom stereocenters. The Morgan fingerprint density at radius 1 is 1.12 bits per heavy atom. The van der Waals surface area contributed by atoms with Crippen LogP contribution in [0.1, 0.15) is 35.2 Å². The molecule has 0 saturated carbocycles. The molecular weight excluding hydrogens is 318 g/mol. The molecule has 1 heterocycles. The van der Waals surface area contributed by atoms with Crippen molar-refractivity contribution >= 4 is 22.7 Å². The minimum atomic E-state index is -1.01. The van der Waals surface area contributed by atoms with Gasteiger partial charge in [0, 0.05) is 29.1 Å². The molecule has 0 bridgehead atoms. The summed E-state index contributed by atoms with van der Waals surface area (Å²) in [5.74, 6) is -1.43. The monoisotopic (exact) mass is 337 g/mol. The first-order chi connectivity index (χ1) is 12.1. The second kappa shape index (κ2) is 7.21. The number of hydrogen-bond acceptors (Lipinski definition) is 3. The lowest BCUT2D eigenvalue weighted by molar-refractivity contribution is -0.138. The van der Waals surface area contributed by atoms with Gasteiger partial charge in [0.1, 0.15) is 5.75 Å². The summed E-state index contributed by atoms with van der Waals surface area (Å²) in [5, 5.41) is 10.5. The van der Waals surface area contributed by atoms with Crippen LogP contribution in [0.4, 0.5) is 0 Å². The molecule has 0 aliphatic heterocycles. The van der Waals surface area contributed by atoms with Gasteiger partial charge < -0.3 is 14.8 Å². The lowest BCUT2D eigenvalue weighted by Crippen LogP contribution is -2.16. The van der Waals surface area contributed by atoms with Crippen LogP contribution in [0.15, 0.2) is 54.7 Å². The van der Waals surface area contributed by atoms with Gasteiger partial charge in [0.15, 0.2) is 5.78 Å². The Balaban J connectivity index is 1.84. The maximum Gasteiger partial charge on any atom is 0.311 e. The molecule has 2 N–H and O–H groups in total. The van der Waals surface area contributed by atoms with Crippen molar-refractivity contribution in [3.05, 3.63) is 65.9 Å². The Kier molecular flexibility index (Phi) is 4.84. The summed E-state index contributed by atoms with van der Waals surface area (Å²) in [4.78, 5) is 27.4. The Bertz CT molecular complexity index is 895. The Morgan fingerprint density at radius 2 is 1.84 bits per heavy atom. The zero-order valence-electron chi connectivity index (χ0n) is 13.9. The van der Waals surface area contributed by atoms with Crippen LogP contribution in [-0.4, -0.2) is 28.4 Å². The van der Waals surface area contributed by atoms with E-state index in [1.807, 2.05) is 31.2 Å². The van der Waals surface area contributed by atoms with Gasteiger partial charge in [0.25, 0.3) is 0 Å². The number of aromatic amines is 1. The average Bonchev–Trinajstić information content (AvgIpc) is 3.04. The van der Waals surface area contributed by atoms with Gasteiger partial charge in [-0.2, -0.15) is 0 Å². The van der Waals surface area contributed by atoms with Gasteiger partial charge in [0.2, 0.25) is 0 Å². The number of aliphatic carboxylic acids is 1. The first-order valence-corrected chi connectivity index (χ1v) is 8.15. The van der Waals surface area contributed by atoms with Crippen molar-refractivity contribution in [3.63, 3.8) is 0 Å². The van der Waals surface area contributed by atoms with Crippen LogP contribution in [0.25, 0.3) is 10.9 Å². The number of benzene rings is 2. The lowest BCUT2D eigenvalue weighted by atomic mass is 9.91. The summed E-state index contributed by atoms with van der Waals surface area (Å²) < 4.78 is 5.36. The maximum atomic E-state index is 12.5. The van der Waals surface area contributed by atoms with E-state index >= 15 is 0 Å². The van der Waals surface area contributed by atoms with E-state index in [4.69, 9.17) is 4.74 Å². The van der Waals surface area contributed by atoms with E-state index in [0.29, 0.717) is 23.5 Å². The molecule has 128 valence electrons. The number of rotatable bonds is 7. The van der Waals surface area contributed by atoms with Crippen LogP contribution < -0.4 is 4.74 Å². The van der Waals surface area contributed by atoms with Crippen molar-refractivity contribution in [2.45, 2.75) is 19.3 Å². The highest BCUT2D eigenvalue weighted by Crippen LogP contribution is 2.29. The molecule has 0 fully saturated rings. The van der Waals surface area contributed by atoms with E-state index in [1.165, 1.54) is 0 Å². The number of ketones is 1. The second-order valence-electron chi connectivity index (χ2n) is 5.77. The molecular formula is C20H19NO4. The average molecular weight is 337 g/mol. The lowest BCUT2D eigenvalue weighted by Gasteiger charge is -2.11. The van der Waals surface area contributed by atoms with Crippen molar-refractivity contribution in [2.24, 2.45) is 0 Å². The van der Waals surface area contributed by atoms with Crippen molar-refractivity contribution in [1.29, 1.82) is 0 Å². The highest BCUT2D eigenvalue weighted by molar-refractivity contribution is 6.00. The number of carboxylic acid groups (broad SMARTS) is 1. The fourth-order valence-electron chi connectivity index (χ4n) is 2.92. The van der Waals surface area contributed by atoms with E-state index in [2.05, 4.69) is 4.98 Å². The van der Waals surface area contributed by atoms with Crippen LogP contribution in [-0.2, 0) is 4.79 Å². The molecule has 2 aromatic carbocycles. The summed E-state index contributed by atoms with van der Waals surface area (Å²) in [6.07, 6.45) is 1.58. The molecule has 1 aromatic heterocycles. The highest BCUT2D eigenvalue weighted by Gasteiger charge is 2.26. The number of Topliss-reactive ketones (excluding diaryl/α,β-unsaturated/α-hetero) is 1. The number of nitrogens with one attached hydrogen (secondary N) is 1. The van der Waals surface area contributed by atoms with Crippen molar-refractivity contribution < 1.29 is 19.4 Å². The van der Waals surface area contributed by atoms with Crippen LogP contribution >= 0.6 is 0 Å². The Morgan fingerprint density at radius 3 is 2.52 bits per heavy atom. The number of carbonyl (C=O) groups excluding carboxylic acids is 1. The predicted octanol–water partition coefficient (Wildman–Crippen LogP) is 4.01. The number of carbonyl (C=O) groups is 2. The summed E-state index contributed by atoms with van der Waals surface area (Å²) in [7, 11) is 0. The third kappa shape index (κ3) is 3.55. The van der Waals surface area contributed by atoms with Crippen LogP contribution in [0.3, 0.4) is 0 Å². The van der Waals surface area contributed by atoms with Gasteiger partial charge in [-0.3, -0.25) is 9.59 Å². The van der Waals surface area contributed by atoms with Gasteiger partial charge in [-0.15, -0.1) is 0 Å². The second-order valence-corrected chi connectivity index (χ2v) is 5.77. The maximum absolute atomic E-state index is 12.5. The van der Waals surface area contributed by atoms with Crippen LogP contribution in [0, 0.1) is 0 Å². The topological polar surface area (TPSA) is 79.4 Å². The molecule has 5 nitrogen and oxygen atoms in total. The molecule has 0 amide bonds. The van der Waals surface area contributed by atoms with Crippen molar-refractivity contribution in [2.75, 3.05) is 6.61 Å². The highest BCUT2D eigenvalue weighted by atomic mass is 16.5. The van der Waals surface area contributed by atoms with E-state index in [0.717, 1.165) is 10.9 Å². The smallest absolute Gasteiger partial charge is 0.311 e. The van der Waals surface area contributed by atoms with E-state index < -0.39 is 11.9 Å². The molecule has 5 heteroatoms. The SMILES string of the molecule is CCOc1ccc(C(=O)C[C@@H](C(=O)O)c2c[nH]c3ccccc23)cc1. The zero-order valence-corrected chi connectivity index (χ0v) is 13.9. The summed E-state index contributed by atoms with van der Waals surface area (Å²) >= 11 is 0. The van der Waals surface area contributed by atoms with E-state index in [9.17, 15) is 14.7 Å². The fourth-order valence-corrected chi connectivity index (χ4v) is 2.92. The summed E-state index contributed by atoms with van der Waals surface area (Å²) in [6.45, 7) is 2.44. The van der Waals surface area contributed by atoms with Crippen LogP contribution in [0.2, 0.25) is 0 Å². The Labute approximate surface area is 145 Å². The van der Waals surface area contributed by atoms with Gasteiger partial charge >= 0.3 is 5.97 Å². The van der Waals surface area contributed by atoms with Gasteiger partial charge in [-0.1, -0.05) is 18.2 Å². The summed E-state index contributed by atoms with van der Waals surface area (Å²) in [5.41, 5.74) is 1.97. The number of ether oxygens (including phenoxy) is 1. The fraction of sp³-hybridized carbons (Fsp3) is 0.200. The van der Waals surface area contributed by atoms with E-state index in [-0.39, 0.29) is 12.2 Å². The normalized spacial score (nSPS) is 12.0. The molecule has 25 heavy (non-hydrogen) atoms. The van der Waals surface area contributed by atoms with Gasteiger partial charge in [0.05, 0.1) is 12.5 Å². The molecule has 0 saturated heterocycles. The number of carboxylic acids is 1. The third-order valence-electron chi connectivity index (χ3n) is 4.17. The number of fused-ring (bicyclic) bond motifs is 1. The molecule has 0 spiro atoms.